The maximum atomic E-state index is 12.4. The summed E-state index contributed by atoms with van der Waals surface area (Å²) in [6.45, 7) is -0.225. The van der Waals surface area contributed by atoms with Crippen LogP contribution in [-0.4, -0.2) is 28.4 Å². The van der Waals surface area contributed by atoms with Crippen LogP contribution in [0, 0.1) is 0 Å². The van der Waals surface area contributed by atoms with E-state index in [1.54, 1.807) is 67.0 Å². The van der Waals surface area contributed by atoms with Crippen molar-refractivity contribution in [2.45, 2.75) is 0 Å². The first kappa shape index (κ1) is 17.9. The summed E-state index contributed by atoms with van der Waals surface area (Å²) in [5, 5.41) is 5.82. The van der Waals surface area contributed by atoms with Gasteiger partial charge in [-0.3, -0.25) is 9.59 Å². The van der Waals surface area contributed by atoms with Crippen LogP contribution in [0.25, 0.3) is 0 Å². The number of benzene rings is 2. The lowest BCUT2D eigenvalue weighted by molar-refractivity contribution is -0.119. The normalized spacial score (nSPS) is 10.1. The maximum absolute atomic E-state index is 12.4. The lowest BCUT2D eigenvalue weighted by Gasteiger charge is -2.09. The number of primary amides is 1. The topological polar surface area (TPSA) is 119 Å². The molecule has 8 nitrogen and oxygen atoms in total. The van der Waals surface area contributed by atoms with Crippen LogP contribution < -0.4 is 21.1 Å². The summed E-state index contributed by atoms with van der Waals surface area (Å²) in [6, 6.07) is 15.3. The van der Waals surface area contributed by atoms with Gasteiger partial charge in [0.05, 0.1) is 0 Å². The molecule has 0 aliphatic heterocycles. The zero-order valence-corrected chi connectivity index (χ0v) is 14.3. The van der Waals surface area contributed by atoms with E-state index in [4.69, 9.17) is 10.5 Å². The molecule has 2 aromatic carbocycles. The summed E-state index contributed by atoms with van der Waals surface area (Å²) in [7, 11) is 0. The summed E-state index contributed by atoms with van der Waals surface area (Å²) in [5.41, 5.74) is 6.84. The van der Waals surface area contributed by atoms with Crippen molar-refractivity contribution in [3.05, 3.63) is 72.6 Å². The molecule has 2 amide bonds. The highest BCUT2D eigenvalue weighted by molar-refractivity contribution is 6.04. The van der Waals surface area contributed by atoms with Crippen molar-refractivity contribution in [2.75, 3.05) is 17.2 Å². The zero-order valence-electron chi connectivity index (χ0n) is 14.3. The Kier molecular flexibility index (Phi) is 5.58. The van der Waals surface area contributed by atoms with E-state index in [0.29, 0.717) is 22.9 Å². The van der Waals surface area contributed by atoms with E-state index in [0.717, 1.165) is 5.69 Å². The van der Waals surface area contributed by atoms with Gasteiger partial charge in [-0.1, -0.05) is 6.07 Å². The molecule has 0 spiro atoms. The van der Waals surface area contributed by atoms with Gasteiger partial charge < -0.3 is 21.1 Å². The number of aromatic nitrogens is 2. The van der Waals surface area contributed by atoms with Gasteiger partial charge in [0.25, 0.3) is 11.8 Å². The lowest BCUT2D eigenvalue weighted by atomic mass is 10.2. The predicted octanol–water partition coefficient (Wildman–Crippen LogP) is 2.34. The van der Waals surface area contributed by atoms with Gasteiger partial charge in [0.1, 0.15) is 5.75 Å². The van der Waals surface area contributed by atoms with E-state index in [2.05, 4.69) is 20.6 Å². The first-order chi connectivity index (χ1) is 13.1. The van der Waals surface area contributed by atoms with Crippen LogP contribution in [0.2, 0.25) is 0 Å². The Balaban J connectivity index is 1.62. The number of carbonyl (C=O) groups excluding carboxylic acids is 2. The molecule has 0 bridgehead atoms. The van der Waals surface area contributed by atoms with Crippen LogP contribution >= 0.6 is 0 Å². The molecule has 8 heteroatoms. The summed E-state index contributed by atoms with van der Waals surface area (Å²) >= 11 is 0. The molecule has 0 fully saturated rings. The van der Waals surface area contributed by atoms with Gasteiger partial charge in [-0.15, -0.1) is 0 Å². The summed E-state index contributed by atoms with van der Waals surface area (Å²) in [5.74, 6) is 0.0695. The molecule has 4 N–H and O–H groups in total. The average Bonchev–Trinajstić information content (AvgIpc) is 2.68. The van der Waals surface area contributed by atoms with Crippen molar-refractivity contribution >= 4 is 29.1 Å². The fourth-order valence-electron chi connectivity index (χ4n) is 2.22. The Morgan fingerprint density at radius 3 is 2.41 bits per heavy atom. The van der Waals surface area contributed by atoms with Crippen LogP contribution in [0.1, 0.15) is 10.4 Å². The van der Waals surface area contributed by atoms with Gasteiger partial charge >= 0.3 is 0 Å². The Bertz CT molecular complexity index is 930. The number of ether oxygens (including phenoxy) is 1. The predicted molar refractivity (Wildman–Crippen MR) is 101 cm³/mol. The maximum Gasteiger partial charge on any atom is 0.255 e. The molecule has 0 aliphatic rings. The van der Waals surface area contributed by atoms with Crippen molar-refractivity contribution in [2.24, 2.45) is 5.73 Å². The number of amides is 2. The standard InChI is InChI=1S/C19H17N5O3/c20-17(25)12-27-16-4-1-3-15(11-16)23-18(26)13-5-7-14(8-6-13)24-19-21-9-2-10-22-19/h1-11H,12H2,(H2,20,25)(H,23,26)(H,21,22,24). The van der Waals surface area contributed by atoms with E-state index in [-0.39, 0.29) is 12.5 Å². The lowest BCUT2D eigenvalue weighted by Crippen LogP contribution is -2.20. The summed E-state index contributed by atoms with van der Waals surface area (Å²) in [6.07, 6.45) is 3.27. The monoisotopic (exact) mass is 363 g/mol. The van der Waals surface area contributed by atoms with Crippen molar-refractivity contribution < 1.29 is 14.3 Å². The number of nitrogens with two attached hydrogens (primary N) is 1. The highest BCUT2D eigenvalue weighted by atomic mass is 16.5. The third-order valence-corrected chi connectivity index (χ3v) is 3.44. The van der Waals surface area contributed by atoms with Crippen molar-refractivity contribution in [3.63, 3.8) is 0 Å². The first-order valence-corrected chi connectivity index (χ1v) is 8.07. The van der Waals surface area contributed by atoms with Gasteiger partial charge in [0.15, 0.2) is 6.61 Å². The second-order valence-electron chi connectivity index (χ2n) is 5.51. The molecule has 0 aliphatic carbocycles. The number of hydrogen-bond acceptors (Lipinski definition) is 6. The molecule has 1 heterocycles. The number of nitrogens with zero attached hydrogens (tertiary/aromatic N) is 2. The molecule has 0 saturated heterocycles. The van der Waals surface area contributed by atoms with E-state index in [1.807, 2.05) is 0 Å². The van der Waals surface area contributed by atoms with Crippen molar-refractivity contribution in [1.29, 1.82) is 0 Å². The van der Waals surface area contributed by atoms with Crippen molar-refractivity contribution in [1.82, 2.24) is 9.97 Å². The average molecular weight is 363 g/mol. The molecule has 0 radical (unpaired) electrons. The summed E-state index contributed by atoms with van der Waals surface area (Å²) < 4.78 is 5.22. The Hall–Kier alpha value is -3.94. The molecule has 0 saturated carbocycles. The van der Waals surface area contributed by atoms with Crippen LogP contribution in [-0.2, 0) is 4.79 Å². The summed E-state index contributed by atoms with van der Waals surface area (Å²) in [4.78, 5) is 31.3. The third-order valence-electron chi connectivity index (χ3n) is 3.44. The number of rotatable bonds is 7. The molecule has 0 unspecified atom stereocenters. The second kappa shape index (κ2) is 8.43. The second-order valence-corrected chi connectivity index (χ2v) is 5.51. The van der Waals surface area contributed by atoms with Gasteiger partial charge in [0.2, 0.25) is 5.95 Å². The highest BCUT2D eigenvalue weighted by Gasteiger charge is 2.07. The van der Waals surface area contributed by atoms with Crippen LogP contribution in [0.3, 0.4) is 0 Å². The fraction of sp³-hybridized carbons (Fsp3) is 0.0526. The molecule has 136 valence electrons. The minimum absolute atomic E-state index is 0.225. The SMILES string of the molecule is NC(=O)COc1cccc(NC(=O)c2ccc(Nc3ncccn3)cc2)c1. The van der Waals surface area contributed by atoms with E-state index >= 15 is 0 Å². The fourth-order valence-corrected chi connectivity index (χ4v) is 2.22. The van der Waals surface area contributed by atoms with E-state index in [1.165, 1.54) is 0 Å². The minimum Gasteiger partial charge on any atom is -0.484 e. The quantitative estimate of drug-likeness (QED) is 0.593. The Labute approximate surface area is 155 Å². The molecular formula is C19H17N5O3. The van der Waals surface area contributed by atoms with E-state index < -0.39 is 5.91 Å². The number of nitrogens with one attached hydrogen (secondary N) is 2. The van der Waals surface area contributed by atoms with Crippen LogP contribution in [0.4, 0.5) is 17.3 Å². The molecule has 0 atom stereocenters. The molecule has 27 heavy (non-hydrogen) atoms. The van der Waals surface area contributed by atoms with Gasteiger partial charge in [-0.25, -0.2) is 9.97 Å². The molecule has 3 rings (SSSR count). The molecular weight excluding hydrogens is 346 g/mol. The third kappa shape index (κ3) is 5.27. The zero-order chi connectivity index (χ0) is 19.1. The Morgan fingerprint density at radius 1 is 0.963 bits per heavy atom. The molecule has 3 aromatic rings. The Morgan fingerprint density at radius 2 is 1.70 bits per heavy atom. The minimum atomic E-state index is -0.570. The number of carbonyl (C=O) groups is 2. The van der Waals surface area contributed by atoms with Crippen LogP contribution in [0.5, 0.6) is 5.75 Å². The van der Waals surface area contributed by atoms with E-state index in [9.17, 15) is 9.59 Å². The first-order valence-electron chi connectivity index (χ1n) is 8.07. The number of anilines is 3. The van der Waals surface area contributed by atoms with Crippen LogP contribution in [0.15, 0.2) is 67.0 Å². The molecule has 1 aromatic heterocycles. The number of hydrogen-bond donors (Lipinski definition) is 3. The highest BCUT2D eigenvalue weighted by Crippen LogP contribution is 2.19. The van der Waals surface area contributed by atoms with Crippen molar-refractivity contribution in [3.8, 4) is 5.75 Å². The smallest absolute Gasteiger partial charge is 0.255 e. The van der Waals surface area contributed by atoms with Gasteiger partial charge in [-0.2, -0.15) is 0 Å². The van der Waals surface area contributed by atoms with Gasteiger partial charge in [0, 0.05) is 35.4 Å². The largest absolute Gasteiger partial charge is 0.484 e. The van der Waals surface area contributed by atoms with Gasteiger partial charge in [-0.05, 0) is 42.5 Å².